The van der Waals surface area contributed by atoms with E-state index in [4.69, 9.17) is 0 Å². The molecule has 0 amide bonds. The highest BCUT2D eigenvalue weighted by Gasteiger charge is 2.36. The molecule has 1 saturated carbocycles. The third-order valence-corrected chi connectivity index (χ3v) is 5.45. The minimum absolute atomic E-state index is 0.177. The van der Waals surface area contributed by atoms with Crippen LogP contribution < -0.4 is 16.6 Å². The molecule has 1 aliphatic carbocycles. The lowest BCUT2D eigenvalue weighted by atomic mass is 9.70. The number of nitrogens with zero attached hydrogens (tertiary/aromatic N) is 3. The first-order chi connectivity index (χ1) is 10.7. The topological polar surface area (TPSA) is 59.3 Å². The van der Waals surface area contributed by atoms with Crippen LogP contribution in [-0.4, -0.2) is 26.7 Å². The van der Waals surface area contributed by atoms with E-state index in [0.29, 0.717) is 42.0 Å². The molecule has 2 aliphatic rings. The van der Waals surface area contributed by atoms with E-state index in [0.717, 1.165) is 6.42 Å². The third kappa shape index (κ3) is 2.84. The van der Waals surface area contributed by atoms with E-state index in [9.17, 15) is 9.59 Å². The quantitative estimate of drug-likeness (QED) is 0.851. The first kappa shape index (κ1) is 16.3. The van der Waals surface area contributed by atoms with E-state index < -0.39 is 0 Å². The van der Waals surface area contributed by atoms with Gasteiger partial charge in [0.25, 0.3) is 5.56 Å². The average Bonchev–Trinajstić information content (AvgIpc) is 2.48. The molecule has 1 aliphatic heterocycles. The second kappa shape index (κ2) is 5.51. The van der Waals surface area contributed by atoms with Crippen LogP contribution in [0.4, 0.5) is 5.82 Å². The van der Waals surface area contributed by atoms with Gasteiger partial charge in [-0.05, 0) is 30.6 Å². The Balaban J connectivity index is 1.92. The molecule has 6 nitrogen and oxygen atoms in total. The second-order valence-corrected chi connectivity index (χ2v) is 8.18. The maximum absolute atomic E-state index is 12.5. The summed E-state index contributed by atoms with van der Waals surface area (Å²) in [6, 6.07) is 0.483. The van der Waals surface area contributed by atoms with Crippen molar-refractivity contribution in [3.63, 3.8) is 0 Å². The molecule has 0 radical (unpaired) electrons. The molecule has 0 aromatic carbocycles. The predicted octanol–water partition coefficient (Wildman–Crippen LogP) is 1.48. The molecular formula is C17H28N4O2. The van der Waals surface area contributed by atoms with Gasteiger partial charge in [0.05, 0.1) is 12.2 Å². The molecule has 6 heteroatoms. The van der Waals surface area contributed by atoms with Crippen molar-refractivity contribution in [2.75, 3.05) is 12.0 Å². The Morgan fingerprint density at radius 1 is 1.13 bits per heavy atom. The summed E-state index contributed by atoms with van der Waals surface area (Å²) < 4.78 is 2.75. The SMILES string of the molecule is C[C@H]1C[C@@H](N2CNc3c(c(=O)n(C)c(=O)n3C)C2)CC(C)(C)C1. The summed E-state index contributed by atoms with van der Waals surface area (Å²) in [6.45, 7) is 8.31. The Morgan fingerprint density at radius 2 is 1.83 bits per heavy atom. The van der Waals surface area contributed by atoms with Crippen LogP contribution in [0.3, 0.4) is 0 Å². The lowest BCUT2D eigenvalue weighted by Crippen LogP contribution is -2.51. The maximum atomic E-state index is 12.5. The van der Waals surface area contributed by atoms with Crippen molar-refractivity contribution in [3.05, 3.63) is 26.4 Å². The number of hydrogen-bond donors (Lipinski definition) is 1. The van der Waals surface area contributed by atoms with E-state index in [2.05, 4.69) is 31.0 Å². The fourth-order valence-electron chi connectivity index (χ4n) is 4.55. The zero-order valence-corrected chi connectivity index (χ0v) is 14.8. The van der Waals surface area contributed by atoms with Crippen molar-refractivity contribution in [3.8, 4) is 0 Å². The molecule has 0 spiro atoms. The molecular weight excluding hydrogens is 292 g/mol. The number of aromatic nitrogens is 2. The molecule has 1 aromatic heterocycles. The Bertz CT molecular complexity index is 731. The maximum Gasteiger partial charge on any atom is 0.332 e. The number of nitrogens with one attached hydrogen (secondary N) is 1. The van der Waals surface area contributed by atoms with Gasteiger partial charge in [-0.3, -0.25) is 18.8 Å². The van der Waals surface area contributed by atoms with E-state index in [-0.39, 0.29) is 11.2 Å². The first-order valence-corrected chi connectivity index (χ1v) is 8.46. The number of rotatable bonds is 1. The molecule has 0 bridgehead atoms. The van der Waals surface area contributed by atoms with E-state index in [1.807, 2.05) is 0 Å². The fourth-order valence-corrected chi connectivity index (χ4v) is 4.55. The van der Waals surface area contributed by atoms with Gasteiger partial charge >= 0.3 is 5.69 Å². The van der Waals surface area contributed by atoms with Gasteiger partial charge in [0.1, 0.15) is 5.82 Å². The number of anilines is 1. The monoisotopic (exact) mass is 320 g/mol. The Hall–Kier alpha value is -1.56. The third-order valence-electron chi connectivity index (χ3n) is 5.45. The standard InChI is InChI=1S/C17H28N4O2/c1-11-6-12(8-17(2,3)7-11)21-9-13-14(18-10-21)19(4)16(23)20(5)15(13)22/h11-12,18H,6-10H2,1-5H3/t11-,12+/m0/s1. The average molecular weight is 320 g/mol. The van der Waals surface area contributed by atoms with Crippen LogP contribution >= 0.6 is 0 Å². The van der Waals surface area contributed by atoms with Crippen LogP contribution in [0.1, 0.15) is 45.6 Å². The van der Waals surface area contributed by atoms with Gasteiger partial charge in [-0.15, -0.1) is 0 Å². The van der Waals surface area contributed by atoms with Gasteiger partial charge in [0, 0.05) is 26.7 Å². The molecule has 0 unspecified atom stereocenters. The van der Waals surface area contributed by atoms with Crippen molar-refractivity contribution in [2.24, 2.45) is 25.4 Å². The second-order valence-electron chi connectivity index (χ2n) is 8.18. The summed E-state index contributed by atoms with van der Waals surface area (Å²) in [5, 5.41) is 3.30. The van der Waals surface area contributed by atoms with Crippen molar-refractivity contribution in [1.82, 2.24) is 14.0 Å². The van der Waals surface area contributed by atoms with Crippen LogP contribution in [0.5, 0.6) is 0 Å². The summed E-state index contributed by atoms with van der Waals surface area (Å²) in [4.78, 5) is 26.9. The zero-order chi connectivity index (χ0) is 16.9. The zero-order valence-electron chi connectivity index (χ0n) is 14.8. The minimum atomic E-state index is -0.276. The molecule has 2 heterocycles. The largest absolute Gasteiger partial charge is 0.358 e. The first-order valence-electron chi connectivity index (χ1n) is 8.46. The van der Waals surface area contributed by atoms with E-state index >= 15 is 0 Å². The van der Waals surface area contributed by atoms with Gasteiger partial charge < -0.3 is 5.32 Å². The molecule has 128 valence electrons. The summed E-state index contributed by atoms with van der Waals surface area (Å²) >= 11 is 0. The Morgan fingerprint density at radius 3 is 2.48 bits per heavy atom. The van der Waals surface area contributed by atoms with Crippen molar-refractivity contribution < 1.29 is 0 Å². The van der Waals surface area contributed by atoms with Crippen LogP contribution in [0.25, 0.3) is 0 Å². The summed E-state index contributed by atoms with van der Waals surface area (Å²) in [6.07, 6.45) is 3.59. The lowest BCUT2D eigenvalue weighted by molar-refractivity contribution is 0.0636. The highest BCUT2D eigenvalue weighted by molar-refractivity contribution is 5.45. The van der Waals surface area contributed by atoms with Gasteiger partial charge in [-0.25, -0.2) is 4.79 Å². The molecule has 2 atom stereocenters. The smallest absolute Gasteiger partial charge is 0.332 e. The van der Waals surface area contributed by atoms with Gasteiger partial charge in [0.15, 0.2) is 0 Å². The molecule has 23 heavy (non-hydrogen) atoms. The van der Waals surface area contributed by atoms with E-state index in [1.165, 1.54) is 17.4 Å². The summed E-state index contributed by atoms with van der Waals surface area (Å²) in [5.41, 5.74) is 0.597. The normalized spacial score (nSPS) is 27.3. The van der Waals surface area contributed by atoms with Crippen LogP contribution in [0.2, 0.25) is 0 Å². The van der Waals surface area contributed by atoms with Gasteiger partial charge in [-0.2, -0.15) is 0 Å². The lowest BCUT2D eigenvalue weighted by Gasteiger charge is -2.45. The van der Waals surface area contributed by atoms with Crippen LogP contribution in [0.15, 0.2) is 9.59 Å². The Kier molecular flexibility index (Phi) is 3.91. The molecule has 1 N–H and O–H groups in total. The molecule has 0 saturated heterocycles. The highest BCUT2D eigenvalue weighted by atomic mass is 16.2. The molecule has 1 fully saturated rings. The molecule has 3 rings (SSSR count). The highest BCUT2D eigenvalue weighted by Crippen LogP contribution is 2.41. The Labute approximate surface area is 137 Å². The predicted molar refractivity (Wildman–Crippen MR) is 91.5 cm³/mol. The minimum Gasteiger partial charge on any atom is -0.358 e. The van der Waals surface area contributed by atoms with E-state index in [1.54, 1.807) is 18.7 Å². The van der Waals surface area contributed by atoms with Crippen LogP contribution in [0, 0.1) is 11.3 Å². The van der Waals surface area contributed by atoms with Gasteiger partial charge in [0.2, 0.25) is 0 Å². The summed E-state index contributed by atoms with van der Waals surface area (Å²) in [7, 11) is 3.27. The van der Waals surface area contributed by atoms with Crippen molar-refractivity contribution >= 4 is 5.82 Å². The number of fused-ring (bicyclic) bond motifs is 1. The van der Waals surface area contributed by atoms with Crippen molar-refractivity contribution in [2.45, 2.75) is 52.6 Å². The van der Waals surface area contributed by atoms with Gasteiger partial charge in [-0.1, -0.05) is 20.8 Å². The van der Waals surface area contributed by atoms with Crippen LogP contribution in [-0.2, 0) is 20.6 Å². The molecule has 1 aromatic rings. The van der Waals surface area contributed by atoms with Crippen molar-refractivity contribution in [1.29, 1.82) is 0 Å². The fraction of sp³-hybridized carbons (Fsp3) is 0.765. The summed E-state index contributed by atoms with van der Waals surface area (Å²) in [5.74, 6) is 1.38. The number of hydrogen-bond acceptors (Lipinski definition) is 4.